The van der Waals surface area contributed by atoms with Crippen LogP contribution < -0.4 is 5.32 Å². The van der Waals surface area contributed by atoms with Crippen LogP contribution in [0.1, 0.15) is 31.1 Å². The normalized spacial score (nSPS) is 16.1. The molecule has 0 saturated carbocycles. The zero-order valence-electron chi connectivity index (χ0n) is 17.4. The molecule has 2 heterocycles. The second-order valence-electron chi connectivity index (χ2n) is 8.00. The summed E-state index contributed by atoms with van der Waals surface area (Å²) in [6.07, 6.45) is -3.84. The lowest BCUT2D eigenvalue weighted by molar-refractivity contribution is -0.137. The van der Waals surface area contributed by atoms with Crippen molar-refractivity contribution in [1.29, 1.82) is 0 Å². The van der Waals surface area contributed by atoms with Gasteiger partial charge in [-0.3, -0.25) is 14.6 Å². The van der Waals surface area contributed by atoms with Gasteiger partial charge in [0, 0.05) is 38.3 Å². The molecule has 170 valence electrons. The quantitative estimate of drug-likeness (QED) is 0.680. The van der Waals surface area contributed by atoms with Gasteiger partial charge >= 0.3 is 6.18 Å². The number of nitrogens with zero attached hydrogens (tertiary/aromatic N) is 4. The number of hydrogen-bond donors (Lipinski definition) is 1. The minimum Gasteiger partial charge on any atom is -0.339 e. The maximum atomic E-state index is 13.0. The number of carbonyl (C=O) groups excluding carboxylic acids is 1. The van der Waals surface area contributed by atoms with E-state index in [1.165, 1.54) is 6.07 Å². The SMILES string of the molecule is CC(C)Cc1nc(CN2CCN(CC(=O)Nc3ccc(Cl)c(C(F)(F)F)c3)CC2)no1. The van der Waals surface area contributed by atoms with Crippen LogP contribution >= 0.6 is 11.6 Å². The van der Waals surface area contributed by atoms with Crippen molar-refractivity contribution < 1.29 is 22.5 Å². The largest absolute Gasteiger partial charge is 0.417 e. The molecule has 1 N–H and O–H groups in total. The van der Waals surface area contributed by atoms with Crippen molar-refractivity contribution in [3.63, 3.8) is 0 Å². The molecule has 1 fully saturated rings. The third-order valence-electron chi connectivity index (χ3n) is 4.85. The number of nitrogens with one attached hydrogen (secondary N) is 1. The van der Waals surface area contributed by atoms with Gasteiger partial charge < -0.3 is 9.84 Å². The molecule has 31 heavy (non-hydrogen) atoms. The number of aromatic nitrogens is 2. The molecule has 11 heteroatoms. The number of rotatable bonds is 7. The molecule has 1 aromatic carbocycles. The van der Waals surface area contributed by atoms with Gasteiger partial charge in [-0.15, -0.1) is 0 Å². The summed E-state index contributed by atoms with van der Waals surface area (Å²) >= 11 is 5.61. The molecule has 0 spiro atoms. The van der Waals surface area contributed by atoms with E-state index >= 15 is 0 Å². The fraction of sp³-hybridized carbons (Fsp3) is 0.550. The maximum absolute atomic E-state index is 13.0. The Morgan fingerprint density at radius 3 is 2.55 bits per heavy atom. The van der Waals surface area contributed by atoms with E-state index in [4.69, 9.17) is 16.1 Å². The van der Waals surface area contributed by atoms with Gasteiger partial charge in [-0.25, -0.2) is 0 Å². The van der Waals surface area contributed by atoms with E-state index in [1.807, 2.05) is 4.90 Å². The van der Waals surface area contributed by atoms with Crippen LogP contribution in [0.15, 0.2) is 22.7 Å². The number of halogens is 4. The maximum Gasteiger partial charge on any atom is 0.417 e. The Kier molecular flexibility index (Phi) is 7.55. The molecule has 3 rings (SSSR count). The Morgan fingerprint density at radius 1 is 1.23 bits per heavy atom. The monoisotopic (exact) mass is 459 g/mol. The predicted molar refractivity (Wildman–Crippen MR) is 110 cm³/mol. The highest BCUT2D eigenvalue weighted by molar-refractivity contribution is 6.31. The summed E-state index contributed by atoms with van der Waals surface area (Å²) in [5, 5.41) is 6.12. The summed E-state index contributed by atoms with van der Waals surface area (Å²) in [6.45, 7) is 7.59. The average Bonchev–Trinajstić information content (AvgIpc) is 3.10. The summed E-state index contributed by atoms with van der Waals surface area (Å²) in [5.74, 6) is 1.34. The third-order valence-corrected chi connectivity index (χ3v) is 5.18. The molecular formula is C20H25ClF3N5O2. The molecule has 1 aliphatic heterocycles. The van der Waals surface area contributed by atoms with Crippen LogP contribution in [0.3, 0.4) is 0 Å². The lowest BCUT2D eigenvalue weighted by Gasteiger charge is -2.33. The molecule has 0 bridgehead atoms. The summed E-state index contributed by atoms with van der Waals surface area (Å²) in [7, 11) is 0. The summed E-state index contributed by atoms with van der Waals surface area (Å²) in [6, 6.07) is 3.33. The molecule has 7 nitrogen and oxygen atoms in total. The van der Waals surface area contributed by atoms with Gasteiger partial charge in [-0.1, -0.05) is 30.6 Å². The molecule has 1 aromatic heterocycles. The van der Waals surface area contributed by atoms with Crippen LogP contribution in [-0.2, 0) is 23.9 Å². The first-order valence-corrected chi connectivity index (χ1v) is 10.4. The topological polar surface area (TPSA) is 74.5 Å². The zero-order valence-corrected chi connectivity index (χ0v) is 18.1. The number of piperazine rings is 1. The fourth-order valence-corrected chi connectivity index (χ4v) is 3.54. The zero-order chi connectivity index (χ0) is 22.6. The van der Waals surface area contributed by atoms with Gasteiger partial charge in [-0.05, 0) is 24.1 Å². The average molecular weight is 460 g/mol. The summed E-state index contributed by atoms with van der Waals surface area (Å²) in [4.78, 5) is 20.8. The molecule has 0 radical (unpaired) electrons. The van der Waals surface area contributed by atoms with E-state index in [-0.39, 0.29) is 18.1 Å². The van der Waals surface area contributed by atoms with Gasteiger partial charge in [0.2, 0.25) is 11.8 Å². The molecule has 1 aliphatic rings. The number of alkyl halides is 3. The Hall–Kier alpha value is -2.17. The molecular weight excluding hydrogens is 435 g/mol. The van der Waals surface area contributed by atoms with Gasteiger partial charge in [0.15, 0.2) is 5.82 Å². The molecule has 0 unspecified atom stereocenters. The van der Waals surface area contributed by atoms with Crippen molar-refractivity contribution in [3.8, 4) is 0 Å². The molecule has 1 amide bonds. The fourth-order valence-electron chi connectivity index (χ4n) is 3.32. The lowest BCUT2D eigenvalue weighted by Crippen LogP contribution is -2.48. The second-order valence-corrected chi connectivity index (χ2v) is 8.40. The predicted octanol–water partition coefficient (Wildman–Crippen LogP) is 3.70. The highest BCUT2D eigenvalue weighted by atomic mass is 35.5. The highest BCUT2D eigenvalue weighted by Crippen LogP contribution is 2.36. The van der Waals surface area contributed by atoms with Gasteiger partial charge in [0.05, 0.1) is 23.7 Å². The van der Waals surface area contributed by atoms with Crippen molar-refractivity contribution in [2.45, 2.75) is 33.0 Å². The Balaban J connectivity index is 1.45. The third kappa shape index (κ3) is 6.91. The van der Waals surface area contributed by atoms with Crippen LogP contribution in [0.2, 0.25) is 5.02 Å². The van der Waals surface area contributed by atoms with Crippen molar-refractivity contribution in [2.24, 2.45) is 5.92 Å². The molecule has 0 aliphatic carbocycles. The minimum atomic E-state index is -4.58. The highest BCUT2D eigenvalue weighted by Gasteiger charge is 2.33. The molecule has 0 atom stereocenters. The molecule has 2 aromatic rings. The Bertz CT molecular complexity index is 895. The van der Waals surface area contributed by atoms with E-state index in [9.17, 15) is 18.0 Å². The van der Waals surface area contributed by atoms with E-state index in [1.54, 1.807) is 0 Å². The lowest BCUT2D eigenvalue weighted by atomic mass is 10.1. The first kappa shape index (κ1) is 23.5. The first-order valence-electron chi connectivity index (χ1n) is 10.0. The van der Waals surface area contributed by atoms with Crippen molar-refractivity contribution in [3.05, 3.63) is 40.5 Å². The molecule has 1 saturated heterocycles. The van der Waals surface area contributed by atoms with E-state index < -0.39 is 16.8 Å². The van der Waals surface area contributed by atoms with E-state index in [2.05, 4.69) is 34.2 Å². The minimum absolute atomic E-state index is 0.0645. The van der Waals surface area contributed by atoms with Crippen LogP contribution in [0.5, 0.6) is 0 Å². The van der Waals surface area contributed by atoms with Crippen molar-refractivity contribution >= 4 is 23.2 Å². The summed E-state index contributed by atoms with van der Waals surface area (Å²) < 4.78 is 44.1. The Morgan fingerprint density at radius 2 is 1.90 bits per heavy atom. The number of hydrogen-bond acceptors (Lipinski definition) is 6. The van der Waals surface area contributed by atoms with Gasteiger partial charge in [0.25, 0.3) is 0 Å². The first-order chi connectivity index (χ1) is 14.6. The number of anilines is 1. The van der Waals surface area contributed by atoms with Crippen LogP contribution in [0.25, 0.3) is 0 Å². The smallest absolute Gasteiger partial charge is 0.339 e. The Labute approximate surface area is 183 Å². The summed E-state index contributed by atoms with van der Waals surface area (Å²) in [5.41, 5.74) is -0.909. The van der Waals surface area contributed by atoms with Gasteiger partial charge in [-0.2, -0.15) is 18.2 Å². The van der Waals surface area contributed by atoms with Crippen LogP contribution in [-0.4, -0.2) is 58.6 Å². The van der Waals surface area contributed by atoms with Crippen LogP contribution in [0.4, 0.5) is 18.9 Å². The number of carbonyl (C=O) groups is 1. The van der Waals surface area contributed by atoms with Crippen molar-refractivity contribution in [2.75, 3.05) is 38.0 Å². The van der Waals surface area contributed by atoms with E-state index in [0.29, 0.717) is 37.3 Å². The number of amides is 1. The number of benzene rings is 1. The van der Waals surface area contributed by atoms with Gasteiger partial charge in [0.1, 0.15) is 0 Å². The second kappa shape index (κ2) is 9.97. The van der Waals surface area contributed by atoms with Crippen molar-refractivity contribution in [1.82, 2.24) is 19.9 Å². The van der Waals surface area contributed by atoms with E-state index in [0.717, 1.165) is 31.6 Å². The van der Waals surface area contributed by atoms with Crippen LogP contribution in [0, 0.1) is 5.92 Å². The standard InChI is InChI=1S/C20H25ClF3N5O2/c1-13(2)9-19-26-17(27-31-19)11-28-5-7-29(8-6-28)12-18(30)25-14-3-4-16(21)15(10-14)20(22,23)24/h3-4,10,13H,5-9,11-12H2,1-2H3,(H,25,30).